The summed E-state index contributed by atoms with van der Waals surface area (Å²) in [6.45, 7) is 4.05. The van der Waals surface area contributed by atoms with Gasteiger partial charge >= 0.3 is 0 Å². The molecule has 0 aliphatic carbocycles. The van der Waals surface area contributed by atoms with E-state index in [0.717, 1.165) is 0 Å². The molecule has 2 nitrogen and oxygen atoms in total. The molecule has 2 aromatic rings. The second kappa shape index (κ2) is 6.36. The van der Waals surface area contributed by atoms with Crippen LogP contribution in [0.15, 0.2) is 60.7 Å². The van der Waals surface area contributed by atoms with Crippen molar-refractivity contribution in [3.05, 3.63) is 71.8 Å². The average Bonchev–Trinajstić information content (AvgIpc) is 2.49. The summed E-state index contributed by atoms with van der Waals surface area (Å²) in [4.78, 5) is 0. The Labute approximate surface area is 121 Å². The number of hydrogen-bond acceptors (Lipinski definition) is 2. The molecular formula is C18H20N2. The topological polar surface area (TPSA) is 35.8 Å². The van der Waals surface area contributed by atoms with Crippen molar-refractivity contribution in [1.82, 2.24) is 5.32 Å². The highest BCUT2D eigenvalue weighted by molar-refractivity contribution is 5.24. The van der Waals surface area contributed by atoms with Crippen LogP contribution in [0.2, 0.25) is 0 Å². The van der Waals surface area contributed by atoms with Crippen LogP contribution in [0.1, 0.15) is 31.0 Å². The minimum absolute atomic E-state index is 0.143. The maximum Gasteiger partial charge on any atom is 0.108 e. The van der Waals surface area contributed by atoms with Crippen molar-refractivity contribution >= 4 is 0 Å². The molecular weight excluding hydrogens is 244 g/mol. The minimum Gasteiger partial charge on any atom is -0.293 e. The van der Waals surface area contributed by atoms with E-state index in [1.165, 1.54) is 11.1 Å². The molecule has 0 unspecified atom stereocenters. The van der Waals surface area contributed by atoms with Crippen LogP contribution < -0.4 is 5.32 Å². The molecule has 0 fully saturated rings. The van der Waals surface area contributed by atoms with E-state index in [1.807, 2.05) is 43.3 Å². The molecule has 0 radical (unpaired) electrons. The lowest BCUT2D eigenvalue weighted by Crippen LogP contribution is -2.44. The van der Waals surface area contributed by atoms with E-state index < -0.39 is 5.54 Å². The largest absolute Gasteiger partial charge is 0.293 e. The number of hydrogen-bond donors (Lipinski definition) is 1. The Balaban J connectivity index is 2.10. The first-order valence-corrected chi connectivity index (χ1v) is 6.91. The molecule has 1 N–H and O–H groups in total. The molecule has 2 atom stereocenters. The third-order valence-electron chi connectivity index (χ3n) is 3.48. The quantitative estimate of drug-likeness (QED) is 0.890. The summed E-state index contributed by atoms with van der Waals surface area (Å²) in [5.41, 5.74) is 1.79. The first-order valence-electron chi connectivity index (χ1n) is 6.91. The monoisotopic (exact) mass is 264 g/mol. The Bertz CT molecular complexity index is 571. The van der Waals surface area contributed by atoms with Gasteiger partial charge in [0.1, 0.15) is 5.54 Å². The average molecular weight is 264 g/mol. The van der Waals surface area contributed by atoms with Crippen LogP contribution in [-0.2, 0) is 6.42 Å². The van der Waals surface area contributed by atoms with E-state index in [4.69, 9.17) is 0 Å². The Hall–Kier alpha value is -2.11. The van der Waals surface area contributed by atoms with Crippen LogP contribution in [0, 0.1) is 11.3 Å². The molecule has 2 heteroatoms. The van der Waals surface area contributed by atoms with Crippen molar-refractivity contribution in [2.45, 2.75) is 31.8 Å². The highest BCUT2D eigenvalue weighted by Gasteiger charge is 2.26. The van der Waals surface area contributed by atoms with E-state index in [1.54, 1.807) is 0 Å². The number of benzene rings is 2. The van der Waals surface area contributed by atoms with Crippen molar-refractivity contribution in [1.29, 1.82) is 5.26 Å². The van der Waals surface area contributed by atoms with Gasteiger partial charge in [-0.15, -0.1) is 0 Å². The van der Waals surface area contributed by atoms with Crippen LogP contribution in [0.4, 0.5) is 0 Å². The third kappa shape index (κ3) is 3.69. The zero-order valence-electron chi connectivity index (χ0n) is 12.0. The molecule has 0 saturated carbocycles. The lowest BCUT2D eigenvalue weighted by Gasteiger charge is -2.28. The molecule has 0 heterocycles. The first kappa shape index (κ1) is 14.3. The first-order chi connectivity index (χ1) is 9.63. The molecule has 2 rings (SSSR count). The van der Waals surface area contributed by atoms with Crippen LogP contribution in [0.3, 0.4) is 0 Å². The van der Waals surface area contributed by atoms with Gasteiger partial charge in [0, 0.05) is 12.5 Å². The number of nitriles is 1. The van der Waals surface area contributed by atoms with Gasteiger partial charge in [0.15, 0.2) is 0 Å². The Morgan fingerprint density at radius 2 is 1.60 bits per heavy atom. The molecule has 0 bridgehead atoms. The molecule has 0 aliphatic heterocycles. The maximum absolute atomic E-state index is 9.53. The second-order valence-corrected chi connectivity index (χ2v) is 5.38. The van der Waals surface area contributed by atoms with Gasteiger partial charge in [0.05, 0.1) is 6.07 Å². The van der Waals surface area contributed by atoms with Gasteiger partial charge in [0.25, 0.3) is 0 Å². The Morgan fingerprint density at radius 3 is 2.15 bits per heavy atom. The highest BCUT2D eigenvalue weighted by atomic mass is 15.0. The lowest BCUT2D eigenvalue weighted by molar-refractivity contribution is 0.395. The van der Waals surface area contributed by atoms with Gasteiger partial charge in [-0.05, 0) is 25.0 Å². The normalized spacial score (nSPS) is 15.1. The zero-order valence-corrected chi connectivity index (χ0v) is 12.0. The fraction of sp³-hybridized carbons (Fsp3) is 0.278. The van der Waals surface area contributed by atoms with E-state index >= 15 is 0 Å². The van der Waals surface area contributed by atoms with E-state index in [9.17, 15) is 5.26 Å². The predicted octanol–water partition coefficient (Wildman–Crippen LogP) is 3.86. The Morgan fingerprint density at radius 1 is 1.05 bits per heavy atom. The van der Waals surface area contributed by atoms with Gasteiger partial charge in [-0.2, -0.15) is 5.26 Å². The number of rotatable bonds is 5. The standard InChI is InChI=1S/C18H20N2/c1-15(17-11-7-4-8-12-17)20-18(2,14-19)13-16-9-5-3-6-10-16/h3-12,15,20H,13H2,1-2H3/t15-,18+/m0/s1. The van der Waals surface area contributed by atoms with Gasteiger partial charge in [-0.25, -0.2) is 0 Å². The van der Waals surface area contributed by atoms with Crippen molar-refractivity contribution < 1.29 is 0 Å². The van der Waals surface area contributed by atoms with Gasteiger partial charge < -0.3 is 0 Å². The van der Waals surface area contributed by atoms with Crippen LogP contribution in [-0.4, -0.2) is 5.54 Å². The maximum atomic E-state index is 9.53. The summed E-state index contributed by atoms with van der Waals surface area (Å²) in [7, 11) is 0. The molecule has 0 amide bonds. The van der Waals surface area contributed by atoms with Crippen LogP contribution >= 0.6 is 0 Å². The molecule has 102 valence electrons. The van der Waals surface area contributed by atoms with E-state index in [-0.39, 0.29) is 6.04 Å². The summed E-state index contributed by atoms with van der Waals surface area (Å²) in [5.74, 6) is 0. The molecule has 0 spiro atoms. The third-order valence-corrected chi connectivity index (χ3v) is 3.48. The molecule has 0 saturated heterocycles. The second-order valence-electron chi connectivity index (χ2n) is 5.38. The lowest BCUT2D eigenvalue weighted by atomic mass is 9.92. The summed E-state index contributed by atoms with van der Waals surface area (Å²) in [6.07, 6.45) is 0.696. The van der Waals surface area contributed by atoms with Crippen LogP contribution in [0.25, 0.3) is 0 Å². The number of nitrogens with one attached hydrogen (secondary N) is 1. The van der Waals surface area contributed by atoms with Gasteiger partial charge in [-0.3, -0.25) is 5.32 Å². The van der Waals surface area contributed by atoms with Crippen molar-refractivity contribution in [2.24, 2.45) is 0 Å². The summed E-state index contributed by atoms with van der Waals surface area (Å²) < 4.78 is 0. The minimum atomic E-state index is -0.573. The zero-order chi connectivity index (χ0) is 14.4. The molecule has 0 aliphatic rings. The fourth-order valence-electron chi connectivity index (χ4n) is 2.43. The smallest absolute Gasteiger partial charge is 0.108 e. The summed E-state index contributed by atoms with van der Waals surface area (Å²) in [6, 6.07) is 22.9. The summed E-state index contributed by atoms with van der Waals surface area (Å²) >= 11 is 0. The van der Waals surface area contributed by atoms with E-state index in [2.05, 4.69) is 42.6 Å². The van der Waals surface area contributed by atoms with Gasteiger partial charge in [-0.1, -0.05) is 60.7 Å². The molecule has 20 heavy (non-hydrogen) atoms. The summed E-state index contributed by atoms with van der Waals surface area (Å²) in [5, 5.41) is 13.0. The van der Waals surface area contributed by atoms with Gasteiger partial charge in [0.2, 0.25) is 0 Å². The molecule has 0 aromatic heterocycles. The predicted molar refractivity (Wildman–Crippen MR) is 82.2 cm³/mol. The van der Waals surface area contributed by atoms with Crippen LogP contribution in [0.5, 0.6) is 0 Å². The van der Waals surface area contributed by atoms with Crippen molar-refractivity contribution in [2.75, 3.05) is 0 Å². The molecule has 2 aromatic carbocycles. The fourth-order valence-corrected chi connectivity index (χ4v) is 2.43. The number of nitrogens with zero attached hydrogens (tertiary/aromatic N) is 1. The Kier molecular flexibility index (Phi) is 4.55. The SMILES string of the molecule is C[C@H](N[C@@](C)(C#N)Cc1ccccc1)c1ccccc1. The van der Waals surface area contributed by atoms with Crippen molar-refractivity contribution in [3.8, 4) is 6.07 Å². The van der Waals surface area contributed by atoms with Crippen molar-refractivity contribution in [3.63, 3.8) is 0 Å². The van der Waals surface area contributed by atoms with E-state index in [0.29, 0.717) is 6.42 Å². The highest BCUT2D eigenvalue weighted by Crippen LogP contribution is 2.19.